The molecule has 31 heavy (non-hydrogen) atoms. The predicted molar refractivity (Wildman–Crippen MR) is 120 cm³/mol. The average Bonchev–Trinajstić information content (AvgIpc) is 3.49. The first-order chi connectivity index (χ1) is 15.2. The summed E-state index contributed by atoms with van der Waals surface area (Å²) in [5, 5.41) is 6.81. The zero-order valence-corrected chi connectivity index (χ0v) is 17.9. The van der Waals surface area contributed by atoms with Crippen LogP contribution >= 0.6 is 11.3 Å². The molecule has 0 N–H and O–H groups in total. The topological polar surface area (TPSA) is 80.0 Å². The number of thiazole rings is 1. The molecule has 156 valence electrons. The Hall–Kier alpha value is -3.59. The van der Waals surface area contributed by atoms with Gasteiger partial charge in [0, 0.05) is 62.1 Å². The maximum atomic E-state index is 12.9. The summed E-state index contributed by atoms with van der Waals surface area (Å²) in [5.41, 5.74) is 2.41. The van der Waals surface area contributed by atoms with E-state index in [9.17, 15) is 4.79 Å². The van der Waals surface area contributed by atoms with Crippen LogP contribution in [0.15, 0.2) is 60.4 Å². The molecular formula is C22H21N7OS. The molecule has 0 radical (unpaired) electrons. The summed E-state index contributed by atoms with van der Waals surface area (Å²) in [6.07, 6.45) is 5.45. The standard InChI is InChI=1S/C22H21N7OS/c1-27-14-17(13-24-27)21-25-18(15-31-21)22(30)29-11-9-28(10-12-29)19-7-8-23-20(26-19)16-5-3-2-4-6-16/h2-8,13-15H,9-12H2,1H3. The molecule has 0 unspecified atom stereocenters. The fourth-order valence-electron chi connectivity index (χ4n) is 3.59. The second kappa shape index (κ2) is 8.27. The van der Waals surface area contributed by atoms with Gasteiger partial charge in [0.2, 0.25) is 0 Å². The summed E-state index contributed by atoms with van der Waals surface area (Å²) in [6.45, 7) is 2.69. The summed E-state index contributed by atoms with van der Waals surface area (Å²) in [6, 6.07) is 11.9. The minimum Gasteiger partial charge on any atom is -0.353 e. The SMILES string of the molecule is Cn1cc(-c2nc(C(=O)N3CCN(c4ccnc(-c5ccccc5)n4)CC3)cs2)cn1. The van der Waals surface area contributed by atoms with Crippen LogP contribution in [0.3, 0.4) is 0 Å². The van der Waals surface area contributed by atoms with Crippen LogP contribution in [0.1, 0.15) is 10.5 Å². The molecule has 1 aliphatic rings. The first kappa shape index (κ1) is 19.4. The van der Waals surface area contributed by atoms with Gasteiger partial charge in [0.1, 0.15) is 16.5 Å². The maximum absolute atomic E-state index is 12.9. The van der Waals surface area contributed by atoms with Gasteiger partial charge in [0.05, 0.1) is 6.20 Å². The van der Waals surface area contributed by atoms with Crippen LogP contribution in [0, 0.1) is 0 Å². The summed E-state index contributed by atoms with van der Waals surface area (Å²) < 4.78 is 1.73. The number of aryl methyl sites for hydroxylation is 1. The molecule has 3 aromatic heterocycles. The van der Waals surface area contributed by atoms with E-state index in [1.54, 1.807) is 17.1 Å². The third-order valence-electron chi connectivity index (χ3n) is 5.24. The molecule has 1 saturated heterocycles. The smallest absolute Gasteiger partial charge is 0.273 e. The molecule has 1 aromatic carbocycles. The molecule has 0 bridgehead atoms. The van der Waals surface area contributed by atoms with Gasteiger partial charge in [0.15, 0.2) is 5.82 Å². The fourth-order valence-corrected chi connectivity index (χ4v) is 4.36. The van der Waals surface area contributed by atoms with Gasteiger partial charge in [0.25, 0.3) is 5.91 Å². The highest BCUT2D eigenvalue weighted by Gasteiger charge is 2.25. The van der Waals surface area contributed by atoms with E-state index in [2.05, 4.69) is 20.0 Å². The van der Waals surface area contributed by atoms with Crippen LogP contribution in [0.25, 0.3) is 22.0 Å². The largest absolute Gasteiger partial charge is 0.353 e. The van der Waals surface area contributed by atoms with Gasteiger partial charge in [-0.3, -0.25) is 9.48 Å². The molecule has 1 fully saturated rings. The number of piperazine rings is 1. The van der Waals surface area contributed by atoms with Crippen molar-refractivity contribution >= 4 is 23.1 Å². The molecule has 4 heterocycles. The zero-order chi connectivity index (χ0) is 21.2. The molecule has 5 rings (SSSR count). The number of nitrogens with zero attached hydrogens (tertiary/aromatic N) is 7. The zero-order valence-electron chi connectivity index (χ0n) is 17.0. The highest BCUT2D eigenvalue weighted by molar-refractivity contribution is 7.13. The van der Waals surface area contributed by atoms with Gasteiger partial charge in [-0.15, -0.1) is 11.3 Å². The second-order valence-electron chi connectivity index (χ2n) is 7.32. The Morgan fingerprint density at radius 3 is 2.55 bits per heavy atom. The highest BCUT2D eigenvalue weighted by Crippen LogP contribution is 2.24. The minimum atomic E-state index is -0.0290. The first-order valence-electron chi connectivity index (χ1n) is 10.0. The van der Waals surface area contributed by atoms with E-state index in [-0.39, 0.29) is 5.91 Å². The molecule has 0 aliphatic carbocycles. The quantitative estimate of drug-likeness (QED) is 0.494. The van der Waals surface area contributed by atoms with E-state index in [4.69, 9.17) is 4.98 Å². The van der Waals surface area contributed by atoms with Gasteiger partial charge in [-0.1, -0.05) is 30.3 Å². The van der Waals surface area contributed by atoms with Crippen LogP contribution < -0.4 is 4.90 Å². The fraction of sp³-hybridized carbons (Fsp3) is 0.227. The van der Waals surface area contributed by atoms with Crippen LogP contribution in [0.2, 0.25) is 0 Å². The summed E-state index contributed by atoms with van der Waals surface area (Å²) >= 11 is 1.47. The number of anilines is 1. The Bertz CT molecular complexity index is 1200. The van der Waals surface area contributed by atoms with Crippen molar-refractivity contribution in [2.45, 2.75) is 0 Å². The van der Waals surface area contributed by atoms with Crippen molar-refractivity contribution in [1.29, 1.82) is 0 Å². The van der Waals surface area contributed by atoms with Crippen molar-refractivity contribution in [3.63, 3.8) is 0 Å². The van der Waals surface area contributed by atoms with Crippen LogP contribution in [0.4, 0.5) is 5.82 Å². The average molecular weight is 432 g/mol. The van der Waals surface area contributed by atoms with Crippen LogP contribution in [-0.2, 0) is 7.05 Å². The normalized spacial score (nSPS) is 14.1. The Morgan fingerprint density at radius 2 is 1.81 bits per heavy atom. The Kier molecular flexibility index (Phi) is 5.17. The number of aromatic nitrogens is 5. The lowest BCUT2D eigenvalue weighted by molar-refractivity contribution is 0.0741. The minimum absolute atomic E-state index is 0.0290. The summed E-state index contributed by atoms with van der Waals surface area (Å²) in [4.78, 5) is 30.6. The van der Waals surface area contributed by atoms with Gasteiger partial charge in [-0.25, -0.2) is 15.0 Å². The molecule has 0 spiro atoms. The van der Waals surface area contributed by atoms with Gasteiger partial charge < -0.3 is 9.80 Å². The second-order valence-corrected chi connectivity index (χ2v) is 8.18. The Morgan fingerprint density at radius 1 is 1.00 bits per heavy atom. The Labute approximate surface area is 183 Å². The van der Waals surface area contributed by atoms with E-state index in [0.29, 0.717) is 24.6 Å². The van der Waals surface area contributed by atoms with E-state index in [1.165, 1.54) is 11.3 Å². The third kappa shape index (κ3) is 4.04. The summed E-state index contributed by atoms with van der Waals surface area (Å²) in [7, 11) is 1.86. The Balaban J connectivity index is 1.25. The lowest BCUT2D eigenvalue weighted by Gasteiger charge is -2.35. The van der Waals surface area contributed by atoms with Crippen molar-refractivity contribution in [2.24, 2.45) is 7.05 Å². The maximum Gasteiger partial charge on any atom is 0.273 e. The van der Waals surface area contributed by atoms with E-state index in [1.807, 2.05) is 59.9 Å². The lowest BCUT2D eigenvalue weighted by atomic mass is 10.2. The molecule has 8 nitrogen and oxygen atoms in total. The lowest BCUT2D eigenvalue weighted by Crippen LogP contribution is -2.49. The molecule has 0 atom stereocenters. The number of rotatable bonds is 4. The number of benzene rings is 1. The van der Waals surface area contributed by atoms with Gasteiger partial charge in [-0.2, -0.15) is 5.10 Å². The van der Waals surface area contributed by atoms with E-state index in [0.717, 1.165) is 35.0 Å². The van der Waals surface area contributed by atoms with Crippen LogP contribution in [-0.4, -0.2) is 61.7 Å². The third-order valence-corrected chi connectivity index (χ3v) is 6.13. The molecule has 1 amide bonds. The molecular weight excluding hydrogens is 410 g/mol. The summed E-state index contributed by atoms with van der Waals surface area (Å²) in [5.74, 6) is 1.56. The predicted octanol–water partition coefficient (Wildman–Crippen LogP) is 2.96. The first-order valence-corrected chi connectivity index (χ1v) is 10.9. The van der Waals surface area contributed by atoms with Crippen molar-refractivity contribution in [3.8, 4) is 22.0 Å². The number of hydrogen-bond acceptors (Lipinski definition) is 7. The highest BCUT2D eigenvalue weighted by atomic mass is 32.1. The monoisotopic (exact) mass is 431 g/mol. The van der Waals surface area contributed by atoms with Crippen molar-refractivity contribution in [1.82, 2.24) is 29.6 Å². The molecule has 0 saturated carbocycles. The number of carbonyl (C=O) groups excluding carboxylic acids is 1. The van der Waals surface area contributed by atoms with Gasteiger partial charge >= 0.3 is 0 Å². The molecule has 1 aliphatic heterocycles. The van der Waals surface area contributed by atoms with Crippen LogP contribution in [0.5, 0.6) is 0 Å². The van der Waals surface area contributed by atoms with Crippen molar-refractivity contribution < 1.29 is 4.79 Å². The van der Waals surface area contributed by atoms with Crippen molar-refractivity contribution in [3.05, 3.63) is 66.1 Å². The number of carbonyl (C=O) groups is 1. The number of amides is 1. The van der Waals surface area contributed by atoms with E-state index < -0.39 is 0 Å². The molecule has 9 heteroatoms. The van der Waals surface area contributed by atoms with E-state index >= 15 is 0 Å². The van der Waals surface area contributed by atoms with Crippen molar-refractivity contribution in [2.75, 3.05) is 31.1 Å². The number of hydrogen-bond donors (Lipinski definition) is 0. The van der Waals surface area contributed by atoms with Gasteiger partial charge in [-0.05, 0) is 6.07 Å². The molecule has 4 aromatic rings.